The van der Waals surface area contributed by atoms with Crippen molar-refractivity contribution in [1.82, 2.24) is 24.7 Å². The van der Waals surface area contributed by atoms with Crippen LogP contribution < -0.4 is 0 Å². The van der Waals surface area contributed by atoms with E-state index in [4.69, 9.17) is 0 Å². The molecular weight excluding hydrogens is 362 g/mol. The SMILES string of the molecule is Cc1ccncc1C(=O)Cc1cnc(-c2cc(-c3cnn(C)c3)ccc2C)cn1. The molecule has 4 aromatic rings. The minimum Gasteiger partial charge on any atom is -0.294 e. The highest BCUT2D eigenvalue weighted by Gasteiger charge is 2.13. The lowest BCUT2D eigenvalue weighted by Gasteiger charge is -2.09. The molecule has 0 aliphatic rings. The van der Waals surface area contributed by atoms with Gasteiger partial charge in [-0.1, -0.05) is 12.1 Å². The summed E-state index contributed by atoms with van der Waals surface area (Å²) in [6.45, 7) is 3.95. The summed E-state index contributed by atoms with van der Waals surface area (Å²) in [5.74, 6) is -0.00703. The summed E-state index contributed by atoms with van der Waals surface area (Å²) in [7, 11) is 1.90. The highest BCUT2D eigenvalue weighted by molar-refractivity contribution is 5.98. The number of rotatable bonds is 5. The third-order valence-corrected chi connectivity index (χ3v) is 4.94. The molecule has 0 saturated heterocycles. The lowest BCUT2D eigenvalue weighted by atomic mass is 9.99. The van der Waals surface area contributed by atoms with Crippen LogP contribution in [0.3, 0.4) is 0 Å². The predicted molar refractivity (Wildman–Crippen MR) is 111 cm³/mol. The second-order valence-corrected chi connectivity index (χ2v) is 7.12. The summed E-state index contributed by atoms with van der Waals surface area (Å²) in [5.41, 5.74) is 7.21. The molecule has 0 unspecified atom stereocenters. The summed E-state index contributed by atoms with van der Waals surface area (Å²) in [4.78, 5) is 25.6. The molecule has 0 aliphatic heterocycles. The molecule has 4 rings (SSSR count). The monoisotopic (exact) mass is 383 g/mol. The molecule has 6 nitrogen and oxygen atoms in total. The maximum Gasteiger partial charge on any atom is 0.170 e. The first-order chi connectivity index (χ1) is 14.0. The van der Waals surface area contributed by atoms with E-state index in [9.17, 15) is 4.79 Å². The second-order valence-electron chi connectivity index (χ2n) is 7.12. The Kier molecular flexibility index (Phi) is 4.99. The first-order valence-corrected chi connectivity index (χ1v) is 9.36. The highest BCUT2D eigenvalue weighted by atomic mass is 16.1. The number of carbonyl (C=O) groups excluding carboxylic acids is 1. The zero-order valence-corrected chi connectivity index (χ0v) is 16.6. The van der Waals surface area contributed by atoms with E-state index < -0.39 is 0 Å². The molecule has 0 spiro atoms. The van der Waals surface area contributed by atoms with Crippen molar-refractivity contribution < 1.29 is 4.79 Å². The van der Waals surface area contributed by atoms with Crippen LogP contribution in [0.4, 0.5) is 0 Å². The number of aryl methyl sites for hydroxylation is 3. The fourth-order valence-corrected chi connectivity index (χ4v) is 3.25. The summed E-state index contributed by atoms with van der Waals surface area (Å²) in [6, 6.07) is 8.08. The average Bonchev–Trinajstić information content (AvgIpc) is 3.16. The lowest BCUT2D eigenvalue weighted by molar-refractivity contribution is 0.0991. The van der Waals surface area contributed by atoms with Crippen LogP contribution in [-0.2, 0) is 13.5 Å². The molecule has 0 atom stereocenters. The molecule has 1 aromatic carbocycles. The number of benzene rings is 1. The van der Waals surface area contributed by atoms with Gasteiger partial charge in [-0.25, -0.2) is 0 Å². The van der Waals surface area contributed by atoms with E-state index in [1.165, 1.54) is 0 Å². The first kappa shape index (κ1) is 18.7. The van der Waals surface area contributed by atoms with Crippen LogP contribution >= 0.6 is 0 Å². The fourth-order valence-electron chi connectivity index (χ4n) is 3.25. The van der Waals surface area contributed by atoms with Crippen LogP contribution in [0.15, 0.2) is 61.4 Å². The summed E-state index contributed by atoms with van der Waals surface area (Å²) in [5, 5.41) is 4.24. The number of hydrogen-bond donors (Lipinski definition) is 0. The zero-order chi connectivity index (χ0) is 20.4. The van der Waals surface area contributed by atoms with E-state index >= 15 is 0 Å². The van der Waals surface area contributed by atoms with Gasteiger partial charge in [0, 0.05) is 48.5 Å². The van der Waals surface area contributed by atoms with Crippen LogP contribution in [-0.4, -0.2) is 30.5 Å². The molecule has 0 N–H and O–H groups in total. The van der Waals surface area contributed by atoms with Crippen molar-refractivity contribution in [2.24, 2.45) is 7.05 Å². The fraction of sp³-hybridized carbons (Fsp3) is 0.174. The molecule has 3 aromatic heterocycles. The molecule has 0 aliphatic carbocycles. The minimum absolute atomic E-state index is 0.00703. The van der Waals surface area contributed by atoms with Crippen LogP contribution in [0.2, 0.25) is 0 Å². The smallest absolute Gasteiger partial charge is 0.170 e. The lowest BCUT2D eigenvalue weighted by Crippen LogP contribution is -2.08. The van der Waals surface area contributed by atoms with E-state index in [0.29, 0.717) is 11.3 Å². The third kappa shape index (κ3) is 3.96. The summed E-state index contributed by atoms with van der Waals surface area (Å²) < 4.78 is 1.78. The van der Waals surface area contributed by atoms with Gasteiger partial charge >= 0.3 is 0 Å². The Bertz CT molecular complexity index is 1180. The van der Waals surface area contributed by atoms with Gasteiger partial charge in [0.2, 0.25) is 0 Å². The van der Waals surface area contributed by atoms with Crippen LogP contribution in [0.5, 0.6) is 0 Å². The Hall–Kier alpha value is -3.67. The summed E-state index contributed by atoms with van der Waals surface area (Å²) in [6.07, 6.45) is 10.7. The normalized spacial score (nSPS) is 10.9. The number of Topliss-reactive ketones (excluding diaryl/α,β-unsaturated/α-hetero) is 1. The second kappa shape index (κ2) is 7.75. The molecule has 0 amide bonds. The van der Waals surface area contributed by atoms with Gasteiger partial charge in [-0.3, -0.25) is 24.4 Å². The van der Waals surface area contributed by atoms with E-state index in [1.807, 2.05) is 39.4 Å². The molecular formula is C23H21N5O. The largest absolute Gasteiger partial charge is 0.294 e. The van der Waals surface area contributed by atoms with E-state index in [0.717, 1.165) is 33.5 Å². The standard InChI is InChI=1S/C23H21N5O/c1-15-4-5-17(18-10-27-28(3)14-18)8-20(15)22-13-25-19(11-26-22)9-23(29)21-12-24-7-6-16(21)2/h4-8,10-14H,9H2,1-3H3. The number of aromatic nitrogens is 5. The van der Waals surface area contributed by atoms with Crippen molar-refractivity contribution in [3.63, 3.8) is 0 Å². The number of ketones is 1. The topological polar surface area (TPSA) is 73.6 Å². The number of nitrogens with zero attached hydrogens (tertiary/aromatic N) is 5. The van der Waals surface area contributed by atoms with Crippen molar-refractivity contribution in [2.45, 2.75) is 20.3 Å². The van der Waals surface area contributed by atoms with Gasteiger partial charge in [0.05, 0.1) is 30.2 Å². The van der Waals surface area contributed by atoms with Gasteiger partial charge in [-0.2, -0.15) is 5.10 Å². The Morgan fingerprint density at radius 3 is 2.52 bits per heavy atom. The van der Waals surface area contributed by atoms with Crippen LogP contribution in [0, 0.1) is 13.8 Å². The van der Waals surface area contributed by atoms with Crippen molar-refractivity contribution >= 4 is 5.78 Å². The molecule has 6 heteroatoms. The van der Waals surface area contributed by atoms with Crippen molar-refractivity contribution in [3.8, 4) is 22.4 Å². The van der Waals surface area contributed by atoms with Crippen molar-refractivity contribution in [1.29, 1.82) is 0 Å². The molecule has 29 heavy (non-hydrogen) atoms. The van der Waals surface area contributed by atoms with E-state index in [-0.39, 0.29) is 12.2 Å². The van der Waals surface area contributed by atoms with Gasteiger partial charge in [0.15, 0.2) is 5.78 Å². The predicted octanol–water partition coefficient (Wildman–Crippen LogP) is 3.98. The van der Waals surface area contributed by atoms with Crippen LogP contribution in [0.1, 0.15) is 27.2 Å². The Balaban J connectivity index is 1.58. The minimum atomic E-state index is -0.00703. The maximum absolute atomic E-state index is 12.5. The molecule has 144 valence electrons. The van der Waals surface area contributed by atoms with Gasteiger partial charge in [0.25, 0.3) is 0 Å². The van der Waals surface area contributed by atoms with Gasteiger partial charge < -0.3 is 0 Å². The highest BCUT2D eigenvalue weighted by Crippen LogP contribution is 2.27. The van der Waals surface area contributed by atoms with Crippen LogP contribution in [0.25, 0.3) is 22.4 Å². The van der Waals surface area contributed by atoms with Crippen molar-refractivity contribution in [3.05, 3.63) is 83.8 Å². The van der Waals surface area contributed by atoms with Crippen molar-refractivity contribution in [2.75, 3.05) is 0 Å². The molecule has 0 saturated carbocycles. The van der Waals surface area contributed by atoms with E-state index in [2.05, 4.69) is 38.2 Å². The van der Waals surface area contributed by atoms with E-state index in [1.54, 1.807) is 29.5 Å². The molecule has 0 bridgehead atoms. The summed E-state index contributed by atoms with van der Waals surface area (Å²) >= 11 is 0. The van der Waals surface area contributed by atoms with Gasteiger partial charge in [-0.05, 0) is 42.7 Å². The first-order valence-electron chi connectivity index (χ1n) is 9.36. The maximum atomic E-state index is 12.5. The number of pyridine rings is 1. The quantitative estimate of drug-likeness (QED) is 0.487. The number of carbonyl (C=O) groups is 1. The Morgan fingerprint density at radius 2 is 1.83 bits per heavy atom. The van der Waals surface area contributed by atoms with Gasteiger partial charge in [-0.15, -0.1) is 0 Å². The zero-order valence-electron chi connectivity index (χ0n) is 16.6. The van der Waals surface area contributed by atoms with Gasteiger partial charge in [0.1, 0.15) is 0 Å². The molecule has 0 fully saturated rings. The Morgan fingerprint density at radius 1 is 0.966 bits per heavy atom. The molecule has 0 radical (unpaired) electrons. The Labute approximate surface area is 169 Å². The third-order valence-electron chi connectivity index (χ3n) is 4.94. The molecule has 3 heterocycles. The number of hydrogen-bond acceptors (Lipinski definition) is 5. The average molecular weight is 383 g/mol.